The quantitative estimate of drug-likeness (QED) is 0.806. The molecule has 0 unspecified atom stereocenters. The highest BCUT2D eigenvalue weighted by Crippen LogP contribution is 2.48. The van der Waals surface area contributed by atoms with Crippen molar-refractivity contribution in [2.24, 2.45) is 17.8 Å². The van der Waals surface area contributed by atoms with Crippen LogP contribution < -0.4 is 0 Å². The van der Waals surface area contributed by atoms with Gasteiger partial charge in [0.25, 0.3) is 0 Å². The van der Waals surface area contributed by atoms with Crippen LogP contribution in [0.2, 0.25) is 0 Å². The van der Waals surface area contributed by atoms with E-state index in [1.54, 1.807) is 0 Å². The monoisotopic (exact) mass is 323 g/mol. The first-order chi connectivity index (χ1) is 10.8. The number of rotatable bonds is 6. The maximum Gasteiger partial charge on any atom is 0.0900 e. The number of hydrogen-bond acceptors (Lipinski definition) is 3. The van der Waals surface area contributed by atoms with Crippen LogP contribution in [0.25, 0.3) is 0 Å². The Morgan fingerprint density at radius 2 is 1.78 bits per heavy atom. The molecule has 0 aromatic rings. The average Bonchev–Trinajstić information content (AvgIpc) is 3.05. The molecule has 3 heteroatoms. The van der Waals surface area contributed by atoms with Crippen molar-refractivity contribution in [2.45, 2.75) is 89.8 Å². The maximum atomic E-state index is 10.5. The molecule has 4 atom stereocenters. The lowest BCUT2D eigenvalue weighted by Crippen LogP contribution is -2.60. The van der Waals surface area contributed by atoms with E-state index in [1.165, 1.54) is 44.9 Å². The largest absolute Gasteiger partial charge is 0.389 e. The van der Waals surface area contributed by atoms with E-state index < -0.39 is 0 Å². The highest BCUT2D eigenvalue weighted by atomic mass is 16.5. The molecule has 2 saturated carbocycles. The summed E-state index contributed by atoms with van der Waals surface area (Å²) in [5.74, 6) is 2.66. The number of nitrogens with zero attached hydrogens (tertiary/aromatic N) is 1. The minimum Gasteiger partial charge on any atom is -0.389 e. The Kier molecular flexibility index (Phi) is 5.11. The first-order valence-corrected chi connectivity index (χ1v) is 9.81. The molecule has 0 spiro atoms. The van der Waals surface area contributed by atoms with E-state index in [0.29, 0.717) is 6.61 Å². The Morgan fingerprint density at radius 3 is 2.35 bits per heavy atom. The van der Waals surface area contributed by atoms with Gasteiger partial charge in [-0.1, -0.05) is 6.42 Å². The van der Waals surface area contributed by atoms with Crippen LogP contribution in [-0.4, -0.2) is 46.9 Å². The highest BCUT2D eigenvalue weighted by Gasteiger charge is 2.42. The Morgan fingerprint density at radius 1 is 1.09 bits per heavy atom. The second-order valence-corrected chi connectivity index (χ2v) is 9.72. The van der Waals surface area contributed by atoms with E-state index in [4.69, 9.17) is 4.74 Å². The number of aliphatic hydroxyl groups excluding tert-OH is 1. The molecule has 3 nitrogen and oxygen atoms in total. The molecule has 2 aliphatic carbocycles. The van der Waals surface area contributed by atoms with E-state index in [0.717, 1.165) is 30.9 Å². The second-order valence-electron chi connectivity index (χ2n) is 9.72. The minimum absolute atomic E-state index is 0.174. The number of hydrogen-bond donors (Lipinski definition) is 1. The van der Waals surface area contributed by atoms with Gasteiger partial charge in [0.2, 0.25) is 0 Å². The molecule has 23 heavy (non-hydrogen) atoms. The Balaban J connectivity index is 1.44. The third kappa shape index (κ3) is 3.93. The smallest absolute Gasteiger partial charge is 0.0900 e. The van der Waals surface area contributed by atoms with Crippen molar-refractivity contribution in [2.75, 3.05) is 19.8 Å². The standard InChI is InChI=1S/C20H37NO2/c1-19(2)8-5-9-20(3,4)21(19)12-18(22)14-23-13-17-11-15-6-7-16(17)10-15/h15-18,22H,5-14H2,1-4H3/t15-,16-,17+,18+/m1/s1. The number of ether oxygens (including phenoxy) is 1. The zero-order valence-electron chi connectivity index (χ0n) is 15.7. The van der Waals surface area contributed by atoms with Gasteiger partial charge in [0.15, 0.2) is 0 Å². The molecule has 1 heterocycles. The number of β-amino-alcohol motifs (C(OH)–C–C–N with tert-alkyl or cyclic N) is 1. The molecular formula is C20H37NO2. The van der Waals surface area contributed by atoms with E-state index in [-0.39, 0.29) is 17.2 Å². The highest BCUT2D eigenvalue weighted by molar-refractivity contribution is 4.97. The van der Waals surface area contributed by atoms with Gasteiger partial charge in [0.1, 0.15) is 0 Å². The summed E-state index contributed by atoms with van der Waals surface area (Å²) in [6.45, 7) is 11.4. The van der Waals surface area contributed by atoms with Crippen molar-refractivity contribution in [3.63, 3.8) is 0 Å². The van der Waals surface area contributed by atoms with Gasteiger partial charge in [0, 0.05) is 24.2 Å². The minimum atomic E-state index is -0.370. The molecule has 0 aromatic heterocycles. The van der Waals surface area contributed by atoms with Gasteiger partial charge in [-0.05, 0) is 84.0 Å². The van der Waals surface area contributed by atoms with Crippen molar-refractivity contribution in [3.8, 4) is 0 Å². The van der Waals surface area contributed by atoms with E-state index in [9.17, 15) is 5.11 Å². The third-order valence-corrected chi connectivity index (χ3v) is 6.96. The number of piperidine rings is 1. The molecule has 0 amide bonds. The first-order valence-electron chi connectivity index (χ1n) is 9.81. The fourth-order valence-electron chi connectivity index (χ4n) is 5.74. The van der Waals surface area contributed by atoms with Gasteiger partial charge in [-0.25, -0.2) is 0 Å². The van der Waals surface area contributed by atoms with Crippen molar-refractivity contribution in [1.82, 2.24) is 4.90 Å². The van der Waals surface area contributed by atoms with Crippen LogP contribution in [0.4, 0.5) is 0 Å². The molecule has 0 radical (unpaired) electrons. The molecule has 1 N–H and O–H groups in total. The van der Waals surface area contributed by atoms with E-state index in [2.05, 4.69) is 32.6 Å². The van der Waals surface area contributed by atoms with Crippen LogP contribution in [0.1, 0.15) is 72.6 Å². The van der Waals surface area contributed by atoms with Crippen molar-refractivity contribution < 1.29 is 9.84 Å². The van der Waals surface area contributed by atoms with Crippen LogP contribution >= 0.6 is 0 Å². The fourth-order valence-corrected chi connectivity index (χ4v) is 5.74. The van der Waals surface area contributed by atoms with Gasteiger partial charge in [-0.15, -0.1) is 0 Å². The summed E-state index contributed by atoms with van der Waals surface area (Å²) in [5, 5.41) is 10.5. The molecule has 3 rings (SSSR count). The van der Waals surface area contributed by atoms with Crippen LogP contribution in [0.15, 0.2) is 0 Å². The predicted molar refractivity (Wildman–Crippen MR) is 94.5 cm³/mol. The van der Waals surface area contributed by atoms with Crippen molar-refractivity contribution >= 4 is 0 Å². The molecule has 1 saturated heterocycles. The zero-order valence-corrected chi connectivity index (χ0v) is 15.7. The molecule has 3 aliphatic rings. The SMILES string of the molecule is CC1(C)CCCC(C)(C)N1C[C@H](O)COC[C@@H]1C[C@@H]2CC[C@@H]1C2. The first kappa shape index (κ1) is 17.7. The zero-order chi connectivity index (χ0) is 16.7. The summed E-state index contributed by atoms with van der Waals surface area (Å²) < 4.78 is 5.93. The molecule has 0 aromatic carbocycles. The van der Waals surface area contributed by atoms with Crippen LogP contribution in [0, 0.1) is 17.8 Å². The van der Waals surface area contributed by atoms with Crippen LogP contribution in [-0.2, 0) is 4.74 Å². The van der Waals surface area contributed by atoms with Gasteiger partial charge in [-0.2, -0.15) is 0 Å². The topological polar surface area (TPSA) is 32.7 Å². The van der Waals surface area contributed by atoms with Crippen LogP contribution in [0.3, 0.4) is 0 Å². The van der Waals surface area contributed by atoms with Crippen LogP contribution in [0.5, 0.6) is 0 Å². The molecule has 3 fully saturated rings. The molecule has 2 bridgehead atoms. The molecular weight excluding hydrogens is 286 g/mol. The van der Waals surface area contributed by atoms with E-state index >= 15 is 0 Å². The number of aliphatic hydroxyl groups is 1. The van der Waals surface area contributed by atoms with Gasteiger partial charge >= 0.3 is 0 Å². The normalized spacial score (nSPS) is 37.2. The van der Waals surface area contributed by atoms with Crippen molar-refractivity contribution in [1.29, 1.82) is 0 Å². The Hall–Kier alpha value is -0.120. The predicted octanol–water partition coefficient (Wildman–Crippen LogP) is 3.84. The summed E-state index contributed by atoms with van der Waals surface area (Å²) in [6.07, 6.45) is 9.02. The van der Waals surface area contributed by atoms with Gasteiger partial charge < -0.3 is 9.84 Å². The summed E-state index contributed by atoms with van der Waals surface area (Å²) in [5.41, 5.74) is 0.348. The Labute approximate surface area is 142 Å². The lowest BCUT2D eigenvalue weighted by Gasteiger charge is -2.53. The van der Waals surface area contributed by atoms with Gasteiger partial charge in [0.05, 0.1) is 12.7 Å². The summed E-state index contributed by atoms with van der Waals surface area (Å²) >= 11 is 0. The third-order valence-electron chi connectivity index (χ3n) is 6.96. The second kappa shape index (κ2) is 6.65. The van der Waals surface area contributed by atoms with E-state index in [1.807, 2.05) is 0 Å². The molecule has 134 valence electrons. The lowest BCUT2D eigenvalue weighted by atomic mass is 9.79. The van der Waals surface area contributed by atoms with Crippen molar-refractivity contribution in [3.05, 3.63) is 0 Å². The summed E-state index contributed by atoms with van der Waals surface area (Å²) in [7, 11) is 0. The number of likely N-dealkylation sites (tertiary alicyclic amines) is 1. The van der Waals surface area contributed by atoms with Gasteiger partial charge in [-0.3, -0.25) is 4.90 Å². The molecule has 1 aliphatic heterocycles. The average molecular weight is 324 g/mol. The Bertz CT molecular complexity index is 390. The number of fused-ring (bicyclic) bond motifs is 2. The fraction of sp³-hybridized carbons (Fsp3) is 1.00. The lowest BCUT2D eigenvalue weighted by molar-refractivity contribution is -0.0731. The summed E-state index contributed by atoms with van der Waals surface area (Å²) in [4.78, 5) is 2.51. The maximum absolute atomic E-state index is 10.5. The summed E-state index contributed by atoms with van der Waals surface area (Å²) in [6, 6.07) is 0.